The maximum atomic E-state index is 2.47. The van der Waals surface area contributed by atoms with Gasteiger partial charge in [0.1, 0.15) is 0 Å². The molecule has 1 spiro atoms. The van der Waals surface area contributed by atoms with Crippen LogP contribution in [-0.2, 0) is 10.8 Å². The fraction of sp³-hybridized carbons (Fsp3) is 0.103. The maximum absolute atomic E-state index is 2.47. The van der Waals surface area contributed by atoms with Gasteiger partial charge in [0.05, 0.1) is 5.41 Å². The molecule has 2 heteroatoms. The fourth-order valence-corrected chi connectivity index (χ4v) is 12.2. The molecule has 1 heterocycles. The van der Waals surface area contributed by atoms with E-state index in [-0.39, 0.29) is 10.8 Å². The van der Waals surface area contributed by atoms with E-state index in [0.717, 1.165) is 29.9 Å². The first kappa shape index (κ1) is 35.2. The second-order valence-corrected chi connectivity index (χ2v) is 18.2. The Bertz CT molecular complexity index is 3220. The standard InChI is InChI=1S/C58H43NS/c1-57(2)51-22-9-11-24-53(51)58(54-25-12-10-23-52(54)57)49-21-8-6-17-45(49)48-37-43(35-36-50(48)58)59(41-31-27-39(28-32-41)38-15-4-3-5-16-38)42-33-29-40(30-34-42)44-19-14-20-47-46-18-7-13-26-55(46)60-56(44)47/h3-9,11-22,24-37H,10,23H2,1-2H3. The summed E-state index contributed by atoms with van der Waals surface area (Å²) in [6.45, 7) is 4.88. The summed E-state index contributed by atoms with van der Waals surface area (Å²) in [6.07, 6.45) is 7.05. The largest absolute Gasteiger partial charge is 0.310 e. The van der Waals surface area contributed by atoms with Gasteiger partial charge >= 0.3 is 0 Å². The van der Waals surface area contributed by atoms with Crippen LogP contribution in [0, 0.1) is 0 Å². The second-order valence-electron chi connectivity index (χ2n) is 17.1. The Hall–Kier alpha value is -6.74. The van der Waals surface area contributed by atoms with E-state index < -0.39 is 0 Å². The number of nitrogens with zero attached hydrogens (tertiary/aromatic N) is 1. The Kier molecular flexibility index (Phi) is 7.86. The van der Waals surface area contributed by atoms with Crippen LogP contribution in [0.2, 0.25) is 0 Å². The van der Waals surface area contributed by atoms with Crippen molar-refractivity contribution < 1.29 is 0 Å². The van der Waals surface area contributed by atoms with Gasteiger partial charge in [0.15, 0.2) is 0 Å². The van der Waals surface area contributed by atoms with E-state index in [9.17, 15) is 0 Å². The van der Waals surface area contributed by atoms with Gasteiger partial charge in [0.2, 0.25) is 0 Å². The molecule has 1 atom stereocenters. The zero-order chi connectivity index (χ0) is 40.0. The van der Waals surface area contributed by atoms with Crippen molar-refractivity contribution in [3.63, 3.8) is 0 Å². The fourth-order valence-electron chi connectivity index (χ4n) is 11.0. The molecule has 0 amide bonds. The zero-order valence-corrected chi connectivity index (χ0v) is 34.6. The summed E-state index contributed by atoms with van der Waals surface area (Å²) in [6, 6.07) is 70.2. The van der Waals surface area contributed by atoms with Gasteiger partial charge in [-0.25, -0.2) is 0 Å². The van der Waals surface area contributed by atoms with Gasteiger partial charge < -0.3 is 4.90 Å². The Morgan fingerprint density at radius 2 is 1.07 bits per heavy atom. The third-order valence-electron chi connectivity index (χ3n) is 13.7. The minimum Gasteiger partial charge on any atom is -0.310 e. The van der Waals surface area contributed by atoms with E-state index in [4.69, 9.17) is 0 Å². The van der Waals surface area contributed by atoms with Crippen LogP contribution in [0.25, 0.3) is 53.6 Å². The first-order valence-corrected chi connectivity index (χ1v) is 22.0. The number of rotatable bonds is 5. The molecule has 3 aliphatic carbocycles. The van der Waals surface area contributed by atoms with E-state index in [1.54, 1.807) is 5.57 Å². The average molecular weight is 786 g/mol. The monoisotopic (exact) mass is 785 g/mol. The molecular formula is C58H43NS. The Labute approximate surface area is 356 Å². The van der Waals surface area contributed by atoms with E-state index in [0.29, 0.717) is 0 Å². The van der Waals surface area contributed by atoms with Crippen LogP contribution in [0.3, 0.4) is 0 Å². The molecule has 0 radical (unpaired) electrons. The molecule has 60 heavy (non-hydrogen) atoms. The van der Waals surface area contributed by atoms with E-state index in [1.165, 1.54) is 81.4 Å². The molecule has 12 rings (SSSR count). The van der Waals surface area contributed by atoms with E-state index in [1.807, 2.05) is 11.3 Å². The highest BCUT2D eigenvalue weighted by Crippen LogP contribution is 2.64. The lowest BCUT2D eigenvalue weighted by Gasteiger charge is -2.48. The maximum Gasteiger partial charge on any atom is 0.0716 e. The summed E-state index contributed by atoms with van der Waals surface area (Å²) in [4.78, 5) is 2.44. The van der Waals surface area contributed by atoms with Crippen LogP contribution in [0.4, 0.5) is 17.1 Å². The summed E-state index contributed by atoms with van der Waals surface area (Å²) in [5.74, 6) is 0. The first-order chi connectivity index (χ1) is 29.5. The molecule has 8 aromatic carbocycles. The number of allylic oxidation sites excluding steroid dienone is 4. The van der Waals surface area contributed by atoms with Crippen molar-refractivity contribution in [3.8, 4) is 33.4 Å². The lowest BCUT2D eigenvalue weighted by atomic mass is 9.54. The van der Waals surface area contributed by atoms with Crippen molar-refractivity contribution in [3.05, 3.63) is 234 Å². The SMILES string of the molecule is CC1(C)C2=C(C=CCC2)C2(c3ccccc3-c3cc(N(c4ccc(-c5ccccc5)cc4)c4ccc(-c5cccc6c5sc5ccccc56)cc4)ccc32)c2ccccc21. The molecule has 0 bridgehead atoms. The topological polar surface area (TPSA) is 3.24 Å². The highest BCUT2D eigenvalue weighted by Gasteiger charge is 2.54. The number of hydrogen-bond donors (Lipinski definition) is 0. The summed E-state index contributed by atoms with van der Waals surface area (Å²) in [5.41, 5.74) is 19.2. The molecular weight excluding hydrogens is 743 g/mol. The second kappa shape index (κ2) is 13.4. The van der Waals surface area contributed by atoms with Gasteiger partial charge in [-0.3, -0.25) is 0 Å². The normalized spacial score (nSPS) is 17.1. The van der Waals surface area contributed by atoms with Crippen LogP contribution < -0.4 is 4.90 Å². The molecule has 0 N–H and O–H groups in total. The van der Waals surface area contributed by atoms with Gasteiger partial charge in [-0.05, 0) is 117 Å². The quantitative estimate of drug-likeness (QED) is 0.168. The summed E-state index contributed by atoms with van der Waals surface area (Å²) in [7, 11) is 0. The number of thiophene rings is 1. The highest BCUT2D eigenvalue weighted by atomic mass is 32.1. The number of fused-ring (bicyclic) bond motifs is 11. The third kappa shape index (κ3) is 5.04. The summed E-state index contributed by atoms with van der Waals surface area (Å²) in [5, 5.41) is 2.65. The number of benzene rings is 8. The van der Waals surface area contributed by atoms with Gasteiger partial charge in [-0.15, -0.1) is 11.3 Å². The number of hydrogen-bond acceptors (Lipinski definition) is 2. The first-order valence-electron chi connectivity index (χ1n) is 21.2. The Morgan fingerprint density at radius 1 is 0.467 bits per heavy atom. The van der Waals surface area contributed by atoms with Crippen molar-refractivity contribution >= 4 is 48.6 Å². The van der Waals surface area contributed by atoms with Gasteiger partial charge in [-0.1, -0.05) is 177 Å². The molecule has 0 fully saturated rings. The minimum atomic E-state index is -0.375. The molecule has 0 saturated heterocycles. The molecule has 1 aromatic heterocycles. The van der Waals surface area contributed by atoms with Crippen LogP contribution in [0.1, 0.15) is 48.9 Å². The predicted molar refractivity (Wildman–Crippen MR) is 255 cm³/mol. The van der Waals surface area contributed by atoms with Gasteiger partial charge in [0, 0.05) is 42.6 Å². The predicted octanol–water partition coefficient (Wildman–Crippen LogP) is 16.1. The molecule has 1 nitrogen and oxygen atoms in total. The third-order valence-corrected chi connectivity index (χ3v) is 14.9. The van der Waals surface area contributed by atoms with Crippen molar-refractivity contribution in [1.29, 1.82) is 0 Å². The Balaban J connectivity index is 1.04. The average Bonchev–Trinajstić information content (AvgIpc) is 3.83. The molecule has 3 aliphatic rings. The van der Waals surface area contributed by atoms with Gasteiger partial charge in [-0.2, -0.15) is 0 Å². The van der Waals surface area contributed by atoms with Crippen molar-refractivity contribution in [1.82, 2.24) is 0 Å². The molecule has 286 valence electrons. The smallest absolute Gasteiger partial charge is 0.0716 e. The molecule has 1 unspecified atom stereocenters. The van der Waals surface area contributed by atoms with E-state index in [2.05, 4.69) is 219 Å². The van der Waals surface area contributed by atoms with Crippen LogP contribution >= 0.6 is 11.3 Å². The van der Waals surface area contributed by atoms with Crippen molar-refractivity contribution in [2.75, 3.05) is 4.90 Å². The molecule has 0 aliphatic heterocycles. The lowest BCUT2D eigenvalue weighted by molar-refractivity contribution is 0.524. The number of anilines is 3. The van der Waals surface area contributed by atoms with Crippen molar-refractivity contribution in [2.45, 2.75) is 37.5 Å². The van der Waals surface area contributed by atoms with Crippen LogP contribution in [-0.4, -0.2) is 0 Å². The molecule has 0 saturated carbocycles. The van der Waals surface area contributed by atoms with E-state index >= 15 is 0 Å². The summed E-state index contributed by atoms with van der Waals surface area (Å²) >= 11 is 1.89. The Morgan fingerprint density at radius 3 is 1.87 bits per heavy atom. The minimum absolute atomic E-state index is 0.0447. The lowest BCUT2D eigenvalue weighted by Crippen LogP contribution is -2.41. The zero-order valence-electron chi connectivity index (χ0n) is 33.8. The highest BCUT2D eigenvalue weighted by molar-refractivity contribution is 7.26. The van der Waals surface area contributed by atoms with Crippen LogP contribution in [0.5, 0.6) is 0 Å². The van der Waals surface area contributed by atoms with Crippen LogP contribution in [0.15, 0.2) is 211 Å². The van der Waals surface area contributed by atoms with Gasteiger partial charge in [0.25, 0.3) is 0 Å². The summed E-state index contributed by atoms with van der Waals surface area (Å²) < 4.78 is 2.67. The van der Waals surface area contributed by atoms with Crippen molar-refractivity contribution in [2.24, 2.45) is 0 Å². The molecule has 9 aromatic rings.